The smallest absolute Gasteiger partial charge is 0.311 e. The Balaban J connectivity index is 1.74. The molecular weight excluding hydrogens is 268 g/mol. The third kappa shape index (κ3) is 4.97. The predicted octanol–water partition coefficient (Wildman–Crippen LogP) is -0.201. The molecule has 0 atom stereocenters. The quantitative estimate of drug-likeness (QED) is 0.708. The van der Waals surface area contributed by atoms with Crippen LogP contribution in [0, 0.1) is 0 Å². The molecule has 6 nitrogen and oxygen atoms in total. The Morgan fingerprint density at radius 2 is 1.90 bits per heavy atom. The minimum Gasteiger partial charge on any atom is -0.345 e. The van der Waals surface area contributed by atoms with E-state index < -0.39 is 5.91 Å². The third-order valence-electron chi connectivity index (χ3n) is 4.28. The summed E-state index contributed by atoms with van der Waals surface area (Å²) in [5.41, 5.74) is 0. The molecule has 21 heavy (non-hydrogen) atoms. The summed E-state index contributed by atoms with van der Waals surface area (Å²) in [6, 6.07) is 0.152. The summed E-state index contributed by atoms with van der Waals surface area (Å²) in [4.78, 5) is 28.4. The van der Waals surface area contributed by atoms with Gasteiger partial charge in [-0.2, -0.15) is 0 Å². The van der Waals surface area contributed by atoms with Crippen molar-refractivity contribution in [1.29, 1.82) is 0 Å². The average molecular weight is 296 g/mol. The Morgan fingerprint density at radius 3 is 2.62 bits per heavy atom. The molecule has 6 heteroatoms. The molecule has 0 aromatic heterocycles. The van der Waals surface area contributed by atoms with Gasteiger partial charge in [0.25, 0.3) is 0 Å². The van der Waals surface area contributed by atoms with Crippen LogP contribution in [-0.2, 0) is 9.59 Å². The van der Waals surface area contributed by atoms with E-state index >= 15 is 0 Å². The number of hydrogen-bond donors (Lipinski definition) is 2. The minimum atomic E-state index is -0.425. The first kappa shape index (κ1) is 16.2. The molecule has 2 heterocycles. The van der Waals surface area contributed by atoms with E-state index in [0.717, 1.165) is 52.0 Å². The summed E-state index contributed by atoms with van der Waals surface area (Å²) in [5, 5.41) is 6.16. The lowest BCUT2D eigenvalue weighted by molar-refractivity contribution is -0.146. The zero-order valence-electron chi connectivity index (χ0n) is 13.1. The van der Waals surface area contributed by atoms with Crippen LogP contribution in [-0.4, -0.2) is 73.5 Å². The van der Waals surface area contributed by atoms with Crippen LogP contribution >= 0.6 is 0 Å². The highest BCUT2D eigenvalue weighted by atomic mass is 16.2. The number of piperidine rings is 1. The molecule has 0 radical (unpaired) electrons. The van der Waals surface area contributed by atoms with E-state index in [4.69, 9.17) is 0 Å². The highest BCUT2D eigenvalue weighted by Crippen LogP contribution is 2.10. The van der Waals surface area contributed by atoms with Crippen LogP contribution in [0.4, 0.5) is 0 Å². The van der Waals surface area contributed by atoms with Gasteiger partial charge in [0, 0.05) is 38.8 Å². The molecule has 2 aliphatic heterocycles. The van der Waals surface area contributed by atoms with Gasteiger partial charge in [0.15, 0.2) is 0 Å². The predicted molar refractivity (Wildman–Crippen MR) is 82.0 cm³/mol. The summed E-state index contributed by atoms with van der Waals surface area (Å²) in [6.45, 7) is 8.33. The number of nitrogens with one attached hydrogen (secondary N) is 2. The second-order valence-electron chi connectivity index (χ2n) is 5.99. The normalized spacial score (nSPS) is 21.9. The summed E-state index contributed by atoms with van der Waals surface area (Å²) in [6.07, 6.45) is 3.97. The zero-order chi connectivity index (χ0) is 15.1. The first-order chi connectivity index (χ1) is 10.2. The molecular formula is C15H28N4O2. The zero-order valence-corrected chi connectivity index (χ0v) is 13.1. The first-order valence-corrected chi connectivity index (χ1v) is 8.23. The van der Waals surface area contributed by atoms with Gasteiger partial charge in [0.1, 0.15) is 0 Å². The number of likely N-dealkylation sites (tertiary alicyclic amines) is 1. The summed E-state index contributed by atoms with van der Waals surface area (Å²) < 4.78 is 0. The number of nitrogens with zero attached hydrogens (tertiary/aromatic N) is 2. The van der Waals surface area contributed by atoms with E-state index in [-0.39, 0.29) is 11.9 Å². The van der Waals surface area contributed by atoms with E-state index in [9.17, 15) is 9.59 Å². The van der Waals surface area contributed by atoms with E-state index in [1.165, 1.54) is 6.42 Å². The fraction of sp³-hybridized carbons (Fsp3) is 0.867. The molecule has 0 aromatic carbocycles. The van der Waals surface area contributed by atoms with Gasteiger partial charge in [-0.25, -0.2) is 0 Å². The standard InChI is InChI=1S/C15H28N4O2/c1-2-8-18-10-4-13(5-11-18)17-14(20)15(21)19-9-3-6-16-7-12-19/h13,16H,2-12H2,1H3,(H,17,20). The maximum absolute atomic E-state index is 12.2. The van der Waals surface area contributed by atoms with Gasteiger partial charge in [0.2, 0.25) is 0 Å². The number of rotatable bonds is 3. The molecule has 0 aliphatic carbocycles. The highest BCUT2D eigenvalue weighted by Gasteiger charge is 2.26. The fourth-order valence-electron chi connectivity index (χ4n) is 3.06. The Hall–Kier alpha value is -1.14. The Labute approximate surface area is 127 Å². The molecule has 2 amide bonds. The number of amides is 2. The fourth-order valence-corrected chi connectivity index (χ4v) is 3.06. The topological polar surface area (TPSA) is 64.7 Å². The van der Waals surface area contributed by atoms with Crippen LogP contribution in [0.3, 0.4) is 0 Å². The monoisotopic (exact) mass is 296 g/mol. The van der Waals surface area contributed by atoms with Crippen LogP contribution < -0.4 is 10.6 Å². The van der Waals surface area contributed by atoms with Crippen LogP contribution in [0.15, 0.2) is 0 Å². The highest BCUT2D eigenvalue weighted by molar-refractivity contribution is 6.35. The Kier molecular flexibility index (Phi) is 6.45. The van der Waals surface area contributed by atoms with Gasteiger partial charge in [0.05, 0.1) is 0 Å². The van der Waals surface area contributed by atoms with Crippen LogP contribution in [0.2, 0.25) is 0 Å². The minimum absolute atomic E-state index is 0.152. The molecule has 120 valence electrons. The molecule has 2 aliphatic rings. The summed E-state index contributed by atoms with van der Waals surface area (Å²) in [7, 11) is 0. The first-order valence-electron chi connectivity index (χ1n) is 8.23. The molecule has 2 rings (SSSR count). The molecule has 2 N–H and O–H groups in total. The molecule has 0 spiro atoms. The van der Waals surface area contributed by atoms with E-state index in [1.807, 2.05) is 0 Å². The van der Waals surface area contributed by atoms with Crippen molar-refractivity contribution in [2.24, 2.45) is 0 Å². The molecule has 0 aromatic rings. The van der Waals surface area contributed by atoms with Crippen LogP contribution in [0.5, 0.6) is 0 Å². The Bertz CT molecular complexity index is 346. The van der Waals surface area contributed by atoms with Crippen molar-refractivity contribution in [2.75, 3.05) is 45.8 Å². The van der Waals surface area contributed by atoms with Crippen molar-refractivity contribution >= 4 is 11.8 Å². The average Bonchev–Trinajstić information content (AvgIpc) is 2.78. The maximum atomic E-state index is 12.2. The van der Waals surface area contributed by atoms with Crippen molar-refractivity contribution in [1.82, 2.24) is 20.4 Å². The van der Waals surface area contributed by atoms with Crippen molar-refractivity contribution in [3.63, 3.8) is 0 Å². The molecule has 2 fully saturated rings. The van der Waals surface area contributed by atoms with Crippen molar-refractivity contribution in [3.05, 3.63) is 0 Å². The Morgan fingerprint density at radius 1 is 1.14 bits per heavy atom. The lowest BCUT2D eigenvalue weighted by atomic mass is 10.0. The van der Waals surface area contributed by atoms with E-state index in [0.29, 0.717) is 13.1 Å². The van der Waals surface area contributed by atoms with Gasteiger partial charge in [-0.05, 0) is 38.8 Å². The number of hydrogen-bond acceptors (Lipinski definition) is 4. The van der Waals surface area contributed by atoms with Gasteiger partial charge in [-0.3, -0.25) is 9.59 Å². The largest absolute Gasteiger partial charge is 0.345 e. The molecule has 0 unspecified atom stereocenters. The lowest BCUT2D eigenvalue weighted by Crippen LogP contribution is -2.50. The molecule has 0 bridgehead atoms. The van der Waals surface area contributed by atoms with Gasteiger partial charge >= 0.3 is 11.8 Å². The van der Waals surface area contributed by atoms with Gasteiger partial charge in [-0.1, -0.05) is 6.92 Å². The van der Waals surface area contributed by atoms with Crippen LogP contribution in [0.25, 0.3) is 0 Å². The lowest BCUT2D eigenvalue weighted by Gasteiger charge is -2.32. The molecule has 0 saturated carbocycles. The van der Waals surface area contributed by atoms with E-state index in [2.05, 4.69) is 22.5 Å². The maximum Gasteiger partial charge on any atom is 0.311 e. The molecule has 2 saturated heterocycles. The van der Waals surface area contributed by atoms with Crippen molar-refractivity contribution in [2.45, 2.75) is 38.6 Å². The third-order valence-corrected chi connectivity index (χ3v) is 4.28. The number of carbonyl (C=O) groups excluding carboxylic acids is 2. The van der Waals surface area contributed by atoms with Gasteiger partial charge in [-0.15, -0.1) is 0 Å². The van der Waals surface area contributed by atoms with Gasteiger partial charge < -0.3 is 20.4 Å². The summed E-state index contributed by atoms with van der Waals surface area (Å²) in [5.74, 6) is -0.791. The number of carbonyl (C=O) groups is 2. The van der Waals surface area contributed by atoms with Crippen molar-refractivity contribution < 1.29 is 9.59 Å². The van der Waals surface area contributed by atoms with Crippen LogP contribution in [0.1, 0.15) is 32.6 Å². The summed E-state index contributed by atoms with van der Waals surface area (Å²) >= 11 is 0. The second-order valence-corrected chi connectivity index (χ2v) is 5.99. The van der Waals surface area contributed by atoms with Crippen molar-refractivity contribution in [3.8, 4) is 0 Å². The van der Waals surface area contributed by atoms with E-state index in [1.54, 1.807) is 4.90 Å². The SMILES string of the molecule is CCCN1CCC(NC(=O)C(=O)N2CCCNCC2)CC1. The second kappa shape index (κ2) is 8.34.